The van der Waals surface area contributed by atoms with Gasteiger partial charge in [-0.25, -0.2) is 4.98 Å². The second-order valence-corrected chi connectivity index (χ2v) is 4.63. The van der Waals surface area contributed by atoms with Crippen molar-refractivity contribution >= 4 is 27.5 Å². The van der Waals surface area contributed by atoms with E-state index in [2.05, 4.69) is 26.2 Å². The molecular weight excluding hydrogens is 322 g/mol. The molecule has 0 atom stereocenters. The minimum atomic E-state index is -0.339. The van der Waals surface area contributed by atoms with Crippen molar-refractivity contribution in [1.29, 1.82) is 5.26 Å². The zero-order chi connectivity index (χ0) is 14.5. The lowest BCUT2D eigenvalue weighted by Crippen LogP contribution is -2.14. The van der Waals surface area contributed by atoms with Gasteiger partial charge in [0, 0.05) is 11.8 Å². The van der Waals surface area contributed by atoms with Crippen molar-refractivity contribution in [2.45, 2.75) is 0 Å². The Hall–Kier alpha value is -2.39. The molecule has 2 aromatic rings. The van der Waals surface area contributed by atoms with Gasteiger partial charge in [-0.3, -0.25) is 4.79 Å². The molecule has 1 amide bonds. The van der Waals surface area contributed by atoms with Crippen LogP contribution in [0.15, 0.2) is 41.1 Å². The Morgan fingerprint density at radius 3 is 2.90 bits per heavy atom. The maximum Gasteiger partial charge on any atom is 0.255 e. The third kappa shape index (κ3) is 2.95. The number of nitrogens with one attached hydrogen (secondary N) is 1. The number of aromatic nitrogens is 1. The first kappa shape index (κ1) is 14.0. The molecule has 2 rings (SSSR count). The van der Waals surface area contributed by atoms with Gasteiger partial charge in [0.15, 0.2) is 0 Å². The van der Waals surface area contributed by atoms with Gasteiger partial charge in [-0.1, -0.05) is 6.07 Å². The predicted molar refractivity (Wildman–Crippen MR) is 77.6 cm³/mol. The summed E-state index contributed by atoms with van der Waals surface area (Å²) in [6, 6.07) is 10.2. The van der Waals surface area contributed by atoms with Gasteiger partial charge in [-0.15, -0.1) is 0 Å². The van der Waals surface area contributed by atoms with E-state index in [4.69, 9.17) is 10.00 Å². The lowest BCUT2D eigenvalue weighted by Gasteiger charge is -2.11. The van der Waals surface area contributed by atoms with Crippen LogP contribution >= 0.6 is 15.9 Å². The van der Waals surface area contributed by atoms with E-state index in [-0.39, 0.29) is 5.91 Å². The number of hydrogen-bond acceptors (Lipinski definition) is 4. The van der Waals surface area contributed by atoms with Crippen LogP contribution in [0.1, 0.15) is 15.9 Å². The fraction of sp³-hybridized carbons (Fsp3) is 0.0714. The smallest absolute Gasteiger partial charge is 0.255 e. The number of amides is 1. The molecule has 0 fully saturated rings. The lowest BCUT2D eigenvalue weighted by molar-refractivity contribution is 0.102. The van der Waals surface area contributed by atoms with E-state index in [1.807, 2.05) is 6.07 Å². The minimum absolute atomic E-state index is 0.339. The topological polar surface area (TPSA) is 75.0 Å². The van der Waals surface area contributed by atoms with E-state index in [0.29, 0.717) is 27.2 Å². The van der Waals surface area contributed by atoms with Crippen LogP contribution in [0, 0.1) is 11.3 Å². The summed E-state index contributed by atoms with van der Waals surface area (Å²) in [6.07, 6.45) is 1.52. The second kappa shape index (κ2) is 6.17. The maximum absolute atomic E-state index is 12.2. The zero-order valence-electron chi connectivity index (χ0n) is 10.6. The summed E-state index contributed by atoms with van der Waals surface area (Å²) >= 11 is 3.20. The molecule has 0 spiro atoms. The molecule has 0 unspecified atom stereocenters. The summed E-state index contributed by atoms with van der Waals surface area (Å²) in [7, 11) is 1.48. The molecule has 0 aliphatic rings. The van der Waals surface area contributed by atoms with E-state index in [1.54, 1.807) is 30.3 Å². The van der Waals surface area contributed by atoms with Crippen molar-refractivity contribution in [3.8, 4) is 11.8 Å². The van der Waals surface area contributed by atoms with Crippen molar-refractivity contribution in [3.05, 3.63) is 52.3 Å². The number of methoxy groups -OCH3 is 1. The van der Waals surface area contributed by atoms with Crippen LogP contribution in [0.3, 0.4) is 0 Å². The highest BCUT2D eigenvalue weighted by Crippen LogP contribution is 2.28. The summed E-state index contributed by atoms with van der Waals surface area (Å²) in [5.74, 6) is 0.0969. The summed E-state index contributed by atoms with van der Waals surface area (Å²) < 4.78 is 5.72. The fourth-order valence-corrected chi connectivity index (χ4v) is 2.02. The minimum Gasteiger partial charge on any atom is -0.495 e. The highest BCUT2D eigenvalue weighted by molar-refractivity contribution is 9.10. The second-order valence-electron chi connectivity index (χ2n) is 3.82. The molecule has 0 radical (unpaired) electrons. The number of benzene rings is 1. The molecule has 20 heavy (non-hydrogen) atoms. The monoisotopic (exact) mass is 331 g/mol. The highest BCUT2D eigenvalue weighted by atomic mass is 79.9. The number of nitriles is 1. The number of carbonyl (C=O) groups is 1. The number of rotatable bonds is 3. The third-order valence-electron chi connectivity index (χ3n) is 2.59. The molecule has 0 saturated heterocycles. The molecule has 0 saturated carbocycles. The lowest BCUT2D eigenvalue weighted by atomic mass is 10.1. The summed E-state index contributed by atoms with van der Waals surface area (Å²) in [4.78, 5) is 16.1. The van der Waals surface area contributed by atoms with Crippen LogP contribution in [-0.4, -0.2) is 18.0 Å². The molecular formula is C14H10BrN3O2. The molecule has 0 bridgehead atoms. The number of pyridine rings is 1. The van der Waals surface area contributed by atoms with E-state index in [1.165, 1.54) is 13.3 Å². The van der Waals surface area contributed by atoms with E-state index >= 15 is 0 Å². The Morgan fingerprint density at radius 2 is 2.25 bits per heavy atom. The average molecular weight is 332 g/mol. The first-order chi connectivity index (χ1) is 9.65. The zero-order valence-corrected chi connectivity index (χ0v) is 12.1. The van der Waals surface area contributed by atoms with E-state index < -0.39 is 0 Å². The van der Waals surface area contributed by atoms with Gasteiger partial charge < -0.3 is 10.1 Å². The molecule has 1 N–H and O–H groups in total. The molecule has 5 nitrogen and oxygen atoms in total. The number of hydrogen-bond donors (Lipinski definition) is 1. The summed E-state index contributed by atoms with van der Waals surface area (Å²) in [5.41, 5.74) is 1.13. The van der Waals surface area contributed by atoms with Gasteiger partial charge in [0.2, 0.25) is 0 Å². The maximum atomic E-state index is 12.2. The molecule has 1 heterocycles. The van der Waals surface area contributed by atoms with Crippen LogP contribution in [0.5, 0.6) is 5.75 Å². The Bertz CT molecular complexity index is 695. The predicted octanol–water partition coefficient (Wildman–Crippen LogP) is 2.98. The van der Waals surface area contributed by atoms with Crippen LogP contribution < -0.4 is 10.1 Å². The summed E-state index contributed by atoms with van der Waals surface area (Å²) in [6.45, 7) is 0. The first-order valence-electron chi connectivity index (χ1n) is 5.65. The number of carbonyl (C=O) groups excluding carboxylic acids is 1. The molecule has 6 heteroatoms. The van der Waals surface area contributed by atoms with Gasteiger partial charge >= 0.3 is 0 Å². The molecule has 1 aromatic heterocycles. The molecule has 0 aliphatic carbocycles. The largest absolute Gasteiger partial charge is 0.495 e. The van der Waals surface area contributed by atoms with Crippen molar-refractivity contribution in [2.75, 3.05) is 12.4 Å². The van der Waals surface area contributed by atoms with Crippen LogP contribution in [0.2, 0.25) is 0 Å². The standard InChI is InChI=1S/C14H10BrN3O2/c1-20-11-4-2-3-10(8-16)13(11)18-14(19)9-5-6-17-12(15)7-9/h2-7H,1H3,(H,18,19). The number of para-hydroxylation sites is 1. The van der Waals surface area contributed by atoms with Crippen LogP contribution in [0.25, 0.3) is 0 Å². The SMILES string of the molecule is COc1cccc(C#N)c1NC(=O)c1ccnc(Br)c1. The Labute approximate surface area is 124 Å². The molecule has 100 valence electrons. The Morgan fingerprint density at radius 1 is 1.45 bits per heavy atom. The number of anilines is 1. The van der Waals surface area contributed by atoms with E-state index in [0.717, 1.165) is 0 Å². The Balaban J connectivity index is 2.35. The fourth-order valence-electron chi connectivity index (χ4n) is 1.65. The summed E-state index contributed by atoms with van der Waals surface area (Å²) in [5, 5.41) is 11.8. The van der Waals surface area contributed by atoms with E-state index in [9.17, 15) is 4.79 Å². The van der Waals surface area contributed by atoms with Gasteiger partial charge in [-0.2, -0.15) is 5.26 Å². The van der Waals surface area contributed by atoms with Crippen molar-refractivity contribution in [1.82, 2.24) is 4.98 Å². The third-order valence-corrected chi connectivity index (χ3v) is 3.03. The Kier molecular flexibility index (Phi) is 4.33. The normalized spacial score (nSPS) is 9.65. The van der Waals surface area contributed by atoms with Crippen LogP contribution in [-0.2, 0) is 0 Å². The van der Waals surface area contributed by atoms with Gasteiger partial charge in [0.05, 0.1) is 12.7 Å². The van der Waals surface area contributed by atoms with Gasteiger partial charge in [-0.05, 0) is 40.2 Å². The van der Waals surface area contributed by atoms with Crippen molar-refractivity contribution in [2.24, 2.45) is 0 Å². The van der Waals surface area contributed by atoms with Crippen LogP contribution in [0.4, 0.5) is 5.69 Å². The molecule has 0 aliphatic heterocycles. The van der Waals surface area contributed by atoms with Crippen molar-refractivity contribution < 1.29 is 9.53 Å². The van der Waals surface area contributed by atoms with Gasteiger partial charge in [0.1, 0.15) is 22.1 Å². The molecule has 1 aromatic carbocycles. The average Bonchev–Trinajstić information content (AvgIpc) is 2.47. The number of ether oxygens (including phenoxy) is 1. The number of halogens is 1. The van der Waals surface area contributed by atoms with Crippen molar-refractivity contribution in [3.63, 3.8) is 0 Å². The first-order valence-corrected chi connectivity index (χ1v) is 6.45. The highest BCUT2D eigenvalue weighted by Gasteiger charge is 2.13. The quantitative estimate of drug-likeness (QED) is 0.877. The van der Waals surface area contributed by atoms with Gasteiger partial charge in [0.25, 0.3) is 5.91 Å². The number of nitrogens with zero attached hydrogens (tertiary/aromatic N) is 2.